The highest BCUT2D eigenvalue weighted by Gasteiger charge is 2.19. The molecule has 1 unspecified atom stereocenters. The van der Waals surface area contributed by atoms with Crippen LogP contribution in [0.2, 0.25) is 0 Å². The predicted octanol–water partition coefficient (Wildman–Crippen LogP) is 9.87. The van der Waals surface area contributed by atoms with E-state index in [2.05, 4.69) is 161 Å². The number of aromatic nitrogens is 2. The van der Waals surface area contributed by atoms with Gasteiger partial charge in [-0.2, -0.15) is 0 Å². The summed E-state index contributed by atoms with van der Waals surface area (Å²) in [4.78, 5) is 0. The van der Waals surface area contributed by atoms with Crippen LogP contribution in [0.5, 0.6) is 0 Å². The summed E-state index contributed by atoms with van der Waals surface area (Å²) >= 11 is 1.91. The van der Waals surface area contributed by atoms with Crippen molar-refractivity contribution in [2.45, 2.75) is 12.3 Å². The van der Waals surface area contributed by atoms with Crippen LogP contribution in [0.3, 0.4) is 0 Å². The zero-order chi connectivity index (χ0) is 29.5. The summed E-state index contributed by atoms with van der Waals surface area (Å²) < 4.78 is 7.70. The van der Waals surface area contributed by atoms with Crippen molar-refractivity contribution in [2.75, 3.05) is 0 Å². The Morgan fingerprint density at radius 2 is 1.22 bits per heavy atom. The SMILES string of the molecule is C1=c2sc3ccccc3c2=CC(c2ccc3c(c2)c2cccc4c5ccccc5n(-c5ccccc5)c5ccccc5n3c42)C1. The van der Waals surface area contributed by atoms with E-state index in [9.17, 15) is 0 Å². The van der Waals surface area contributed by atoms with Gasteiger partial charge in [-0.1, -0.05) is 103 Å². The average Bonchev–Trinajstić information content (AvgIpc) is 3.64. The first kappa shape index (κ1) is 25.0. The number of thiophene rings is 1. The van der Waals surface area contributed by atoms with Gasteiger partial charge in [0, 0.05) is 42.4 Å². The fraction of sp³-hybridized carbons (Fsp3) is 0.0476. The molecule has 0 fully saturated rings. The number of hydrogen-bond acceptors (Lipinski definition) is 1. The Kier molecular flexibility index (Phi) is 5.31. The van der Waals surface area contributed by atoms with Crippen LogP contribution >= 0.6 is 11.3 Å². The van der Waals surface area contributed by atoms with Crippen LogP contribution in [0.4, 0.5) is 0 Å². The molecule has 1 atom stereocenters. The summed E-state index contributed by atoms with van der Waals surface area (Å²) in [5.41, 5.74) is 8.57. The van der Waals surface area contributed by atoms with Gasteiger partial charge < -0.3 is 8.97 Å². The molecule has 0 saturated carbocycles. The van der Waals surface area contributed by atoms with Gasteiger partial charge in [0.05, 0.1) is 27.6 Å². The number of rotatable bonds is 2. The van der Waals surface area contributed by atoms with Gasteiger partial charge in [-0.25, -0.2) is 0 Å². The van der Waals surface area contributed by atoms with E-state index in [1.54, 1.807) is 0 Å². The van der Waals surface area contributed by atoms with Gasteiger partial charge in [-0.05, 0) is 71.1 Å². The van der Waals surface area contributed by atoms with E-state index >= 15 is 0 Å². The molecule has 3 heterocycles. The Morgan fingerprint density at radius 3 is 2.09 bits per heavy atom. The molecule has 6 aromatic carbocycles. The molecular weight excluding hydrogens is 565 g/mol. The van der Waals surface area contributed by atoms with Crippen molar-refractivity contribution < 1.29 is 0 Å². The molecule has 2 nitrogen and oxygen atoms in total. The zero-order valence-electron chi connectivity index (χ0n) is 24.5. The molecule has 45 heavy (non-hydrogen) atoms. The summed E-state index contributed by atoms with van der Waals surface area (Å²) in [6.07, 6.45) is 5.99. The topological polar surface area (TPSA) is 9.34 Å². The lowest BCUT2D eigenvalue weighted by Gasteiger charge is -2.16. The summed E-state index contributed by atoms with van der Waals surface area (Å²) in [6, 6.07) is 51.3. The van der Waals surface area contributed by atoms with Gasteiger partial charge in [0.2, 0.25) is 0 Å². The zero-order valence-corrected chi connectivity index (χ0v) is 25.3. The van der Waals surface area contributed by atoms with E-state index in [4.69, 9.17) is 0 Å². The van der Waals surface area contributed by atoms with Crippen LogP contribution < -0.4 is 9.75 Å². The van der Waals surface area contributed by atoms with Crippen LogP contribution in [-0.4, -0.2) is 8.97 Å². The minimum absolute atomic E-state index is 0.346. The normalized spacial score (nSPS) is 14.7. The van der Waals surface area contributed by atoms with Gasteiger partial charge in [0.15, 0.2) is 0 Å². The fourth-order valence-electron chi connectivity index (χ4n) is 7.65. The Morgan fingerprint density at radius 1 is 0.533 bits per heavy atom. The maximum atomic E-state index is 2.51. The lowest BCUT2D eigenvalue weighted by molar-refractivity contribution is 0.928. The minimum Gasteiger partial charge on any atom is -0.308 e. The molecule has 0 amide bonds. The highest BCUT2D eigenvalue weighted by Crippen LogP contribution is 2.39. The molecule has 1 aliphatic carbocycles. The first-order chi connectivity index (χ1) is 22.3. The molecule has 0 saturated heterocycles. The van der Waals surface area contributed by atoms with E-state index in [1.807, 2.05) is 11.3 Å². The van der Waals surface area contributed by atoms with Crippen molar-refractivity contribution >= 4 is 82.7 Å². The maximum Gasteiger partial charge on any atom is 0.0703 e. The lowest BCUT2D eigenvalue weighted by atomic mass is 9.90. The molecule has 9 aromatic rings. The smallest absolute Gasteiger partial charge is 0.0703 e. The van der Waals surface area contributed by atoms with Crippen molar-refractivity contribution in [3.63, 3.8) is 0 Å². The van der Waals surface area contributed by atoms with E-state index in [0.29, 0.717) is 5.92 Å². The molecule has 212 valence electrons. The summed E-state index contributed by atoms with van der Waals surface area (Å²) in [5.74, 6) is 0.346. The standard InChI is InChI=1S/C42H28N2S/c1-2-11-29(12-3-1)43-36-17-6-4-13-30(36)32-15-10-16-33-34-25-27(21-23-37(34)44(42(32)33)39-19-8-7-18-38(39)43)28-22-24-41-35(26-28)31-14-5-9-20-40(31)45-41/h1-21,23-26,28H,22H2. The van der Waals surface area contributed by atoms with Gasteiger partial charge in [0.25, 0.3) is 0 Å². The number of benzene rings is 6. The monoisotopic (exact) mass is 592 g/mol. The number of para-hydroxylation sites is 5. The quantitative estimate of drug-likeness (QED) is 0.189. The molecule has 0 radical (unpaired) electrons. The average molecular weight is 593 g/mol. The third-order valence-corrected chi connectivity index (χ3v) is 10.8. The largest absolute Gasteiger partial charge is 0.308 e. The van der Waals surface area contributed by atoms with Gasteiger partial charge in [-0.15, -0.1) is 11.3 Å². The maximum absolute atomic E-state index is 2.51. The number of hydrogen-bond donors (Lipinski definition) is 0. The fourth-order valence-corrected chi connectivity index (χ4v) is 8.79. The molecule has 0 N–H and O–H groups in total. The molecular formula is C42H28N2S. The Balaban J connectivity index is 1.34. The highest BCUT2D eigenvalue weighted by molar-refractivity contribution is 7.17. The molecule has 0 spiro atoms. The van der Waals surface area contributed by atoms with Gasteiger partial charge >= 0.3 is 0 Å². The predicted molar refractivity (Wildman–Crippen MR) is 193 cm³/mol. The molecule has 3 aromatic heterocycles. The summed E-state index contributed by atoms with van der Waals surface area (Å²) in [7, 11) is 0. The van der Waals surface area contributed by atoms with Gasteiger partial charge in [0.1, 0.15) is 0 Å². The summed E-state index contributed by atoms with van der Waals surface area (Å²) in [5, 5.41) is 7.86. The Hall–Kier alpha value is -5.38. The Labute approximate surface area is 263 Å². The second kappa shape index (κ2) is 9.56. The van der Waals surface area contributed by atoms with Crippen molar-refractivity contribution in [1.82, 2.24) is 8.97 Å². The van der Waals surface area contributed by atoms with E-state index in [-0.39, 0.29) is 0 Å². The molecule has 0 bridgehead atoms. The van der Waals surface area contributed by atoms with Crippen LogP contribution in [-0.2, 0) is 0 Å². The third-order valence-electron chi connectivity index (χ3n) is 9.64. The van der Waals surface area contributed by atoms with Gasteiger partial charge in [-0.3, -0.25) is 0 Å². The van der Waals surface area contributed by atoms with Crippen molar-refractivity contribution in [1.29, 1.82) is 0 Å². The van der Waals surface area contributed by atoms with Crippen LogP contribution in [0.1, 0.15) is 17.9 Å². The third kappa shape index (κ3) is 3.62. The molecule has 3 heteroatoms. The van der Waals surface area contributed by atoms with E-state index in [1.165, 1.54) is 74.5 Å². The van der Waals surface area contributed by atoms with Crippen LogP contribution in [0.15, 0.2) is 140 Å². The second-order valence-corrected chi connectivity index (χ2v) is 13.2. The first-order valence-electron chi connectivity index (χ1n) is 15.6. The summed E-state index contributed by atoms with van der Waals surface area (Å²) in [6.45, 7) is 0. The van der Waals surface area contributed by atoms with Crippen molar-refractivity contribution in [2.24, 2.45) is 0 Å². The number of nitrogens with zero attached hydrogens (tertiary/aromatic N) is 2. The van der Waals surface area contributed by atoms with E-state index < -0.39 is 0 Å². The minimum atomic E-state index is 0.346. The molecule has 1 aliphatic rings. The number of fused-ring (bicyclic) bond motifs is 10. The molecule has 10 rings (SSSR count). The first-order valence-corrected chi connectivity index (χ1v) is 16.5. The van der Waals surface area contributed by atoms with E-state index in [0.717, 1.165) is 12.1 Å². The van der Waals surface area contributed by atoms with Crippen molar-refractivity contribution in [3.05, 3.63) is 155 Å². The lowest BCUT2D eigenvalue weighted by Crippen LogP contribution is -2.23. The van der Waals surface area contributed by atoms with Crippen LogP contribution in [0, 0.1) is 0 Å². The molecule has 0 aliphatic heterocycles. The second-order valence-electron chi connectivity index (χ2n) is 12.1. The van der Waals surface area contributed by atoms with Crippen LogP contribution in [0.25, 0.3) is 77.1 Å². The van der Waals surface area contributed by atoms with Crippen molar-refractivity contribution in [3.8, 4) is 5.69 Å². The Bertz CT molecular complexity index is 2790. The highest BCUT2D eigenvalue weighted by atomic mass is 32.1.